The van der Waals surface area contributed by atoms with Crippen LogP contribution in [0.3, 0.4) is 0 Å². The molecule has 0 atom stereocenters. The molecule has 1 heterocycles. The van der Waals surface area contributed by atoms with E-state index in [2.05, 4.69) is 10.1 Å². The molecule has 1 aromatic carbocycles. The molecule has 1 saturated heterocycles. The number of halogens is 1. The number of amides is 1. The Morgan fingerprint density at radius 2 is 1.96 bits per heavy atom. The Balaban J connectivity index is 0.00000288. The van der Waals surface area contributed by atoms with Crippen molar-refractivity contribution in [2.45, 2.75) is 18.4 Å². The summed E-state index contributed by atoms with van der Waals surface area (Å²) in [6.45, 7) is 0.735. The fourth-order valence-corrected chi connectivity index (χ4v) is 2.24. The number of nitrogens with two attached hydrogens (primary N) is 1. The summed E-state index contributed by atoms with van der Waals surface area (Å²) >= 11 is 0. The Bertz CT molecular complexity index is 645. The number of carbonyl (C=O) groups is 2. The van der Waals surface area contributed by atoms with Crippen LogP contribution in [0.5, 0.6) is 0 Å². The molecule has 1 amide bonds. The fraction of sp³-hybridized carbons (Fsp3) is 0.429. The third kappa shape index (κ3) is 4.40. The Morgan fingerprint density at radius 3 is 2.50 bits per heavy atom. The number of nitrogens with zero attached hydrogens (tertiary/aromatic N) is 1. The number of esters is 1. The molecule has 9 nitrogen and oxygen atoms in total. The quantitative estimate of drug-likeness (QED) is 0.469. The van der Waals surface area contributed by atoms with Crippen molar-refractivity contribution in [3.63, 3.8) is 0 Å². The smallest absolute Gasteiger partial charge is 0.338 e. The number of hydrogen-bond acceptors (Lipinski definition) is 7. The van der Waals surface area contributed by atoms with Gasteiger partial charge in [-0.25, -0.2) is 4.79 Å². The summed E-state index contributed by atoms with van der Waals surface area (Å²) in [5, 5.41) is 13.5. The number of rotatable bonds is 4. The van der Waals surface area contributed by atoms with Gasteiger partial charge in [0, 0.05) is 31.0 Å². The van der Waals surface area contributed by atoms with Crippen LogP contribution in [0, 0.1) is 10.1 Å². The van der Waals surface area contributed by atoms with E-state index < -0.39 is 22.3 Å². The molecule has 1 fully saturated rings. The zero-order valence-electron chi connectivity index (χ0n) is 12.9. The number of nitrogens with one attached hydrogen (secondary N) is 1. The van der Waals surface area contributed by atoms with Crippen LogP contribution < -0.4 is 11.1 Å². The molecule has 1 aromatic rings. The number of nitro groups is 1. The van der Waals surface area contributed by atoms with Crippen LogP contribution >= 0.6 is 12.4 Å². The van der Waals surface area contributed by atoms with E-state index in [1.807, 2.05) is 0 Å². The molecule has 1 aliphatic rings. The minimum Gasteiger partial charge on any atom is -0.465 e. The van der Waals surface area contributed by atoms with Gasteiger partial charge in [-0.2, -0.15) is 0 Å². The molecule has 0 unspecified atom stereocenters. The minimum atomic E-state index is -1.10. The summed E-state index contributed by atoms with van der Waals surface area (Å²) in [7, 11) is 1.16. The Hall–Kier alpha value is -2.23. The van der Waals surface area contributed by atoms with Gasteiger partial charge in [0.1, 0.15) is 5.54 Å². The molecule has 0 radical (unpaired) electrons. The second kappa shape index (κ2) is 8.04. The molecule has 132 valence electrons. The third-order valence-electron chi connectivity index (χ3n) is 3.64. The molecule has 0 bridgehead atoms. The molecule has 24 heavy (non-hydrogen) atoms. The minimum absolute atomic E-state index is 0. The average Bonchev–Trinajstić information content (AvgIpc) is 2.54. The largest absolute Gasteiger partial charge is 0.465 e. The number of hydrogen-bond donors (Lipinski definition) is 2. The summed E-state index contributed by atoms with van der Waals surface area (Å²) in [5.74, 6) is -1.21. The molecule has 0 saturated carbocycles. The third-order valence-corrected chi connectivity index (χ3v) is 3.64. The lowest BCUT2D eigenvalue weighted by Gasteiger charge is -2.31. The molecule has 0 aliphatic carbocycles. The molecular weight excluding hydrogens is 342 g/mol. The highest BCUT2D eigenvalue weighted by atomic mass is 35.5. The first kappa shape index (κ1) is 19.8. The summed E-state index contributed by atoms with van der Waals surface area (Å²) in [4.78, 5) is 34.2. The zero-order valence-corrected chi connectivity index (χ0v) is 13.8. The van der Waals surface area contributed by atoms with Gasteiger partial charge in [-0.1, -0.05) is 0 Å². The van der Waals surface area contributed by atoms with Gasteiger partial charge in [0.25, 0.3) is 5.69 Å². The average molecular weight is 360 g/mol. The molecule has 1 aliphatic heterocycles. The molecule has 0 spiro atoms. The lowest BCUT2D eigenvalue weighted by Crippen LogP contribution is -2.54. The topological polar surface area (TPSA) is 134 Å². The van der Waals surface area contributed by atoms with Gasteiger partial charge in [0.15, 0.2) is 0 Å². The standard InChI is InChI=1S/C14H17N3O6.ClH/c1-22-12(18)9-6-10(8-11(7-9)17(20)21)16-13(19)14(15)2-4-23-5-3-14;/h6-8H,2-5,15H2,1H3,(H,16,19);1H. The van der Waals surface area contributed by atoms with Gasteiger partial charge in [-0.3, -0.25) is 14.9 Å². The van der Waals surface area contributed by atoms with Crippen molar-refractivity contribution >= 4 is 35.7 Å². The van der Waals surface area contributed by atoms with Gasteiger partial charge in [-0.05, 0) is 18.9 Å². The molecule has 3 N–H and O–H groups in total. The maximum Gasteiger partial charge on any atom is 0.338 e. The maximum absolute atomic E-state index is 12.3. The monoisotopic (exact) mass is 359 g/mol. The normalized spacial score (nSPS) is 15.8. The number of anilines is 1. The van der Waals surface area contributed by atoms with Crippen molar-refractivity contribution in [2.75, 3.05) is 25.6 Å². The van der Waals surface area contributed by atoms with E-state index in [1.165, 1.54) is 6.07 Å². The SMILES string of the molecule is COC(=O)c1cc(NC(=O)C2(N)CCOCC2)cc([N+](=O)[O-])c1.Cl. The van der Waals surface area contributed by atoms with Gasteiger partial charge in [0.05, 0.1) is 17.6 Å². The molecule has 0 aromatic heterocycles. The number of methoxy groups -OCH3 is 1. The van der Waals surface area contributed by atoms with Crippen molar-refractivity contribution in [3.05, 3.63) is 33.9 Å². The number of ether oxygens (including phenoxy) is 2. The lowest BCUT2D eigenvalue weighted by molar-refractivity contribution is -0.384. The number of benzene rings is 1. The zero-order chi connectivity index (χ0) is 17.0. The summed E-state index contributed by atoms with van der Waals surface area (Å²) in [6, 6.07) is 3.54. The number of carbonyl (C=O) groups excluding carboxylic acids is 2. The Morgan fingerprint density at radius 1 is 1.33 bits per heavy atom. The first-order valence-electron chi connectivity index (χ1n) is 6.91. The van der Waals surface area contributed by atoms with E-state index in [-0.39, 0.29) is 29.3 Å². The highest BCUT2D eigenvalue weighted by Crippen LogP contribution is 2.24. The van der Waals surface area contributed by atoms with Crippen LogP contribution in [0.25, 0.3) is 0 Å². The maximum atomic E-state index is 12.3. The van der Waals surface area contributed by atoms with Crippen LogP contribution in [0.2, 0.25) is 0 Å². The van der Waals surface area contributed by atoms with E-state index in [1.54, 1.807) is 0 Å². The summed E-state index contributed by atoms with van der Waals surface area (Å²) in [5.41, 5.74) is 4.70. The number of nitro benzene ring substituents is 1. The van der Waals surface area contributed by atoms with Crippen LogP contribution in [0.1, 0.15) is 23.2 Å². The van der Waals surface area contributed by atoms with E-state index in [0.717, 1.165) is 19.2 Å². The van der Waals surface area contributed by atoms with Crippen molar-refractivity contribution in [1.29, 1.82) is 0 Å². The van der Waals surface area contributed by atoms with E-state index in [4.69, 9.17) is 10.5 Å². The predicted octanol–water partition coefficient (Wildman–Crippen LogP) is 1.25. The molecule has 2 rings (SSSR count). The highest BCUT2D eigenvalue weighted by Gasteiger charge is 2.36. The predicted molar refractivity (Wildman–Crippen MR) is 87.3 cm³/mol. The Kier molecular flexibility index (Phi) is 6.64. The van der Waals surface area contributed by atoms with Gasteiger partial charge < -0.3 is 20.5 Å². The van der Waals surface area contributed by atoms with E-state index in [0.29, 0.717) is 26.1 Å². The summed E-state index contributed by atoms with van der Waals surface area (Å²) in [6.07, 6.45) is 0.690. The lowest BCUT2D eigenvalue weighted by atomic mass is 9.90. The van der Waals surface area contributed by atoms with Crippen molar-refractivity contribution in [2.24, 2.45) is 5.73 Å². The van der Waals surface area contributed by atoms with Gasteiger partial charge in [-0.15, -0.1) is 12.4 Å². The van der Waals surface area contributed by atoms with E-state index >= 15 is 0 Å². The first-order valence-corrected chi connectivity index (χ1v) is 6.91. The highest BCUT2D eigenvalue weighted by molar-refractivity contribution is 6.00. The second-order valence-corrected chi connectivity index (χ2v) is 5.24. The first-order chi connectivity index (χ1) is 10.9. The fourth-order valence-electron chi connectivity index (χ4n) is 2.24. The van der Waals surface area contributed by atoms with Crippen molar-refractivity contribution in [3.8, 4) is 0 Å². The van der Waals surface area contributed by atoms with Gasteiger partial charge in [0.2, 0.25) is 5.91 Å². The van der Waals surface area contributed by atoms with Crippen LogP contribution in [0.15, 0.2) is 18.2 Å². The molecular formula is C14H18ClN3O6. The van der Waals surface area contributed by atoms with E-state index in [9.17, 15) is 19.7 Å². The van der Waals surface area contributed by atoms with Crippen LogP contribution in [0.4, 0.5) is 11.4 Å². The van der Waals surface area contributed by atoms with Gasteiger partial charge >= 0.3 is 5.97 Å². The van der Waals surface area contributed by atoms with Crippen molar-refractivity contribution in [1.82, 2.24) is 0 Å². The molecule has 10 heteroatoms. The Labute approximate surface area is 144 Å². The number of non-ortho nitro benzene ring substituents is 1. The van der Waals surface area contributed by atoms with Crippen molar-refractivity contribution < 1.29 is 24.0 Å². The summed E-state index contributed by atoms with van der Waals surface area (Å²) < 4.78 is 9.72. The second-order valence-electron chi connectivity index (χ2n) is 5.24. The van der Waals surface area contributed by atoms with Crippen LogP contribution in [-0.4, -0.2) is 42.7 Å². The van der Waals surface area contributed by atoms with Crippen LogP contribution in [-0.2, 0) is 14.3 Å².